The van der Waals surface area contributed by atoms with Crippen LogP contribution in [0, 0.1) is 0 Å². The fourth-order valence-electron chi connectivity index (χ4n) is 2.15. The average molecular weight is 333 g/mol. The van der Waals surface area contributed by atoms with Crippen LogP contribution in [0.3, 0.4) is 0 Å². The Morgan fingerprint density at radius 2 is 1.95 bits per heavy atom. The van der Waals surface area contributed by atoms with Crippen molar-refractivity contribution in [1.29, 1.82) is 0 Å². The summed E-state index contributed by atoms with van der Waals surface area (Å²) < 4.78 is 27.7. The van der Waals surface area contributed by atoms with Gasteiger partial charge in [-0.3, -0.25) is 4.79 Å². The number of nitrogens with zero attached hydrogens (tertiary/aromatic N) is 1. The quantitative estimate of drug-likeness (QED) is 0.902. The van der Waals surface area contributed by atoms with Gasteiger partial charge in [0.05, 0.1) is 9.92 Å². The van der Waals surface area contributed by atoms with Crippen molar-refractivity contribution in [2.24, 2.45) is 5.14 Å². The Morgan fingerprint density at radius 3 is 2.52 bits per heavy atom. The van der Waals surface area contributed by atoms with Gasteiger partial charge < -0.3 is 9.64 Å². The van der Waals surface area contributed by atoms with E-state index < -0.39 is 10.0 Å². The summed E-state index contributed by atoms with van der Waals surface area (Å²) in [5.41, 5.74) is 0. The van der Waals surface area contributed by atoms with Gasteiger partial charge in [-0.2, -0.15) is 0 Å². The molecule has 0 atom stereocenters. The molecule has 2 N–H and O–H groups in total. The lowest BCUT2D eigenvalue weighted by atomic mass is 10.1. The SMILES string of the molecule is NS(=O)(=O)c1ccc(OCC(=O)N2CCCCC2)c(Cl)c1. The molecule has 1 amide bonds. The minimum atomic E-state index is -3.81. The van der Waals surface area contributed by atoms with Gasteiger partial charge in [0.1, 0.15) is 5.75 Å². The Morgan fingerprint density at radius 1 is 1.29 bits per heavy atom. The molecule has 21 heavy (non-hydrogen) atoms. The number of carbonyl (C=O) groups is 1. The van der Waals surface area contributed by atoms with E-state index in [0.29, 0.717) is 0 Å². The summed E-state index contributed by atoms with van der Waals surface area (Å²) in [6.45, 7) is 1.38. The van der Waals surface area contributed by atoms with Crippen LogP contribution in [-0.2, 0) is 14.8 Å². The van der Waals surface area contributed by atoms with Crippen molar-refractivity contribution in [2.45, 2.75) is 24.2 Å². The summed E-state index contributed by atoms with van der Waals surface area (Å²) in [6, 6.07) is 3.89. The molecular weight excluding hydrogens is 316 g/mol. The fourth-order valence-corrected chi connectivity index (χ4v) is 2.99. The van der Waals surface area contributed by atoms with E-state index >= 15 is 0 Å². The highest BCUT2D eigenvalue weighted by molar-refractivity contribution is 7.89. The monoisotopic (exact) mass is 332 g/mol. The Labute approximate surface area is 128 Å². The van der Waals surface area contributed by atoms with Crippen LogP contribution in [0.4, 0.5) is 0 Å². The number of hydrogen-bond acceptors (Lipinski definition) is 4. The van der Waals surface area contributed by atoms with Crippen molar-refractivity contribution in [1.82, 2.24) is 4.90 Å². The highest BCUT2D eigenvalue weighted by Gasteiger charge is 2.18. The van der Waals surface area contributed by atoms with Gasteiger partial charge in [-0.05, 0) is 37.5 Å². The van der Waals surface area contributed by atoms with E-state index in [-0.39, 0.29) is 28.2 Å². The van der Waals surface area contributed by atoms with Gasteiger partial charge in [0.2, 0.25) is 10.0 Å². The molecule has 0 aromatic heterocycles. The van der Waals surface area contributed by atoms with Crippen molar-refractivity contribution in [3.63, 3.8) is 0 Å². The Hall–Kier alpha value is -1.31. The molecule has 1 heterocycles. The highest BCUT2D eigenvalue weighted by atomic mass is 35.5. The van der Waals surface area contributed by atoms with Gasteiger partial charge in [-0.1, -0.05) is 11.6 Å². The van der Waals surface area contributed by atoms with Gasteiger partial charge in [-0.25, -0.2) is 13.6 Å². The average Bonchev–Trinajstić information content (AvgIpc) is 2.45. The summed E-state index contributed by atoms with van der Waals surface area (Å²) in [4.78, 5) is 13.6. The predicted octanol–water partition coefficient (Wildman–Crippen LogP) is 1.38. The molecule has 2 rings (SSSR count). The van der Waals surface area contributed by atoms with Crippen molar-refractivity contribution in [2.75, 3.05) is 19.7 Å². The van der Waals surface area contributed by atoms with Crippen LogP contribution in [-0.4, -0.2) is 38.9 Å². The number of nitrogens with two attached hydrogens (primary N) is 1. The Bertz CT molecular complexity index is 627. The normalized spacial score (nSPS) is 15.8. The minimum absolute atomic E-state index is 0.0952. The van der Waals surface area contributed by atoms with Crippen LogP contribution in [0.15, 0.2) is 23.1 Å². The van der Waals surface area contributed by atoms with E-state index in [1.165, 1.54) is 18.2 Å². The highest BCUT2D eigenvalue weighted by Crippen LogP contribution is 2.27. The van der Waals surface area contributed by atoms with Gasteiger partial charge in [-0.15, -0.1) is 0 Å². The summed E-state index contributed by atoms with van der Waals surface area (Å²) in [5.74, 6) is 0.163. The molecule has 1 aliphatic heterocycles. The predicted molar refractivity (Wildman–Crippen MR) is 78.8 cm³/mol. The van der Waals surface area contributed by atoms with E-state index in [9.17, 15) is 13.2 Å². The number of likely N-dealkylation sites (tertiary alicyclic amines) is 1. The standard InChI is InChI=1S/C13H17ClN2O4S/c14-11-8-10(21(15,18)19)4-5-12(11)20-9-13(17)16-6-2-1-3-7-16/h4-5,8H,1-3,6-7,9H2,(H2,15,18,19). The third kappa shape index (κ3) is 4.33. The van der Waals surface area contributed by atoms with Gasteiger partial charge in [0.25, 0.3) is 5.91 Å². The number of sulfonamides is 1. The topological polar surface area (TPSA) is 89.7 Å². The van der Waals surface area contributed by atoms with E-state index in [1.54, 1.807) is 4.90 Å². The van der Waals surface area contributed by atoms with E-state index in [2.05, 4.69) is 0 Å². The number of ether oxygens (including phenoxy) is 1. The smallest absolute Gasteiger partial charge is 0.260 e. The number of hydrogen-bond donors (Lipinski definition) is 1. The molecule has 1 aromatic carbocycles. The number of carbonyl (C=O) groups excluding carboxylic acids is 1. The maximum absolute atomic E-state index is 12.0. The summed E-state index contributed by atoms with van der Waals surface area (Å²) in [6.07, 6.45) is 3.16. The Kier molecular flexibility index (Phi) is 5.08. The minimum Gasteiger partial charge on any atom is -0.482 e. The molecule has 0 unspecified atom stereocenters. The first-order chi connectivity index (χ1) is 9.88. The first-order valence-corrected chi connectivity index (χ1v) is 8.53. The second kappa shape index (κ2) is 6.64. The zero-order chi connectivity index (χ0) is 15.5. The van der Waals surface area contributed by atoms with Gasteiger partial charge in [0.15, 0.2) is 6.61 Å². The number of benzene rings is 1. The van der Waals surface area contributed by atoms with Crippen molar-refractivity contribution < 1.29 is 17.9 Å². The molecule has 0 saturated carbocycles. The molecule has 0 radical (unpaired) electrons. The maximum atomic E-state index is 12.0. The molecule has 1 aromatic rings. The molecular formula is C13H17ClN2O4S. The van der Waals surface area contributed by atoms with E-state index in [0.717, 1.165) is 32.4 Å². The van der Waals surface area contributed by atoms with Crippen LogP contribution < -0.4 is 9.88 Å². The molecule has 1 fully saturated rings. The lowest BCUT2D eigenvalue weighted by Gasteiger charge is -2.26. The van der Waals surface area contributed by atoms with Crippen molar-refractivity contribution >= 4 is 27.5 Å². The lowest BCUT2D eigenvalue weighted by Crippen LogP contribution is -2.38. The Balaban J connectivity index is 1.98. The number of piperidine rings is 1. The maximum Gasteiger partial charge on any atom is 0.260 e. The lowest BCUT2D eigenvalue weighted by molar-refractivity contribution is -0.134. The number of rotatable bonds is 4. The number of halogens is 1. The van der Waals surface area contributed by atoms with Crippen LogP contribution in [0.5, 0.6) is 5.75 Å². The van der Waals surface area contributed by atoms with Gasteiger partial charge >= 0.3 is 0 Å². The van der Waals surface area contributed by atoms with Crippen LogP contribution in [0.2, 0.25) is 5.02 Å². The molecule has 0 spiro atoms. The van der Waals surface area contributed by atoms with Gasteiger partial charge in [0, 0.05) is 13.1 Å². The largest absolute Gasteiger partial charge is 0.482 e. The molecule has 1 saturated heterocycles. The van der Waals surface area contributed by atoms with Crippen LogP contribution in [0.1, 0.15) is 19.3 Å². The molecule has 6 nitrogen and oxygen atoms in total. The summed E-state index contributed by atoms with van der Waals surface area (Å²) in [7, 11) is -3.81. The third-order valence-corrected chi connectivity index (χ3v) is 4.50. The van der Waals surface area contributed by atoms with Crippen LogP contribution in [0.25, 0.3) is 0 Å². The first kappa shape index (κ1) is 16.1. The van der Waals surface area contributed by atoms with E-state index in [1.807, 2.05) is 0 Å². The molecule has 0 bridgehead atoms. The summed E-state index contributed by atoms with van der Waals surface area (Å²) >= 11 is 5.93. The van der Waals surface area contributed by atoms with Crippen molar-refractivity contribution in [3.8, 4) is 5.75 Å². The molecule has 116 valence electrons. The molecule has 1 aliphatic rings. The molecule has 0 aliphatic carbocycles. The fraction of sp³-hybridized carbons (Fsp3) is 0.462. The zero-order valence-corrected chi connectivity index (χ0v) is 13.0. The molecule has 8 heteroatoms. The summed E-state index contributed by atoms with van der Waals surface area (Å²) in [5, 5.41) is 5.11. The second-order valence-electron chi connectivity index (χ2n) is 4.87. The van der Waals surface area contributed by atoms with E-state index in [4.69, 9.17) is 21.5 Å². The zero-order valence-electron chi connectivity index (χ0n) is 11.4. The van der Waals surface area contributed by atoms with Crippen LogP contribution >= 0.6 is 11.6 Å². The number of amides is 1. The number of primary sulfonamides is 1. The third-order valence-electron chi connectivity index (χ3n) is 3.29. The second-order valence-corrected chi connectivity index (χ2v) is 6.84. The van der Waals surface area contributed by atoms with Crippen molar-refractivity contribution in [3.05, 3.63) is 23.2 Å². The first-order valence-electron chi connectivity index (χ1n) is 6.61.